The van der Waals surface area contributed by atoms with Crippen LogP contribution in [0.25, 0.3) is 6.08 Å². The van der Waals surface area contributed by atoms with Crippen molar-refractivity contribution < 1.29 is 23.8 Å². The zero-order valence-electron chi connectivity index (χ0n) is 22.8. The Morgan fingerprint density at radius 1 is 0.775 bits per heavy atom. The SMILES string of the molecule is COc1ccc(C(=O)c2ccc3c(c2)C=CC2(Nc4ccc(C(=O)c5ccccc5)cc4C2(C)C)O3)c(OC)c1. The van der Waals surface area contributed by atoms with Crippen molar-refractivity contribution in [3.05, 3.63) is 124 Å². The van der Waals surface area contributed by atoms with Gasteiger partial charge in [0, 0.05) is 34.0 Å². The molecule has 2 heterocycles. The summed E-state index contributed by atoms with van der Waals surface area (Å²) < 4.78 is 17.3. The summed E-state index contributed by atoms with van der Waals surface area (Å²) in [7, 11) is 3.10. The van der Waals surface area contributed by atoms with Crippen LogP contribution in [0.1, 0.15) is 56.8 Å². The first-order valence-corrected chi connectivity index (χ1v) is 13.1. The van der Waals surface area contributed by atoms with Crippen LogP contribution in [0, 0.1) is 0 Å². The van der Waals surface area contributed by atoms with E-state index in [1.807, 2.05) is 72.8 Å². The van der Waals surface area contributed by atoms with Crippen LogP contribution in [0.15, 0.2) is 91.0 Å². The van der Waals surface area contributed by atoms with Crippen LogP contribution in [0.3, 0.4) is 0 Å². The summed E-state index contributed by atoms with van der Waals surface area (Å²) in [5.41, 5.74) is 3.62. The number of ketones is 2. The minimum atomic E-state index is -0.860. The molecule has 40 heavy (non-hydrogen) atoms. The summed E-state index contributed by atoms with van der Waals surface area (Å²) in [5, 5.41) is 3.56. The molecule has 0 aromatic heterocycles. The molecule has 0 fully saturated rings. The first-order valence-electron chi connectivity index (χ1n) is 13.1. The van der Waals surface area contributed by atoms with Gasteiger partial charge in [-0.1, -0.05) is 30.3 Å². The van der Waals surface area contributed by atoms with Crippen LogP contribution in [-0.2, 0) is 5.41 Å². The van der Waals surface area contributed by atoms with E-state index >= 15 is 0 Å². The largest absolute Gasteiger partial charge is 0.497 e. The van der Waals surface area contributed by atoms with Crippen LogP contribution in [0.2, 0.25) is 0 Å². The van der Waals surface area contributed by atoms with E-state index in [0.717, 1.165) is 16.8 Å². The van der Waals surface area contributed by atoms with E-state index in [4.69, 9.17) is 14.2 Å². The molecule has 1 atom stereocenters. The molecule has 6 heteroatoms. The smallest absolute Gasteiger partial charge is 0.209 e. The number of carbonyl (C=O) groups excluding carboxylic acids is 2. The maximum Gasteiger partial charge on any atom is 0.209 e. The third kappa shape index (κ3) is 3.95. The van der Waals surface area contributed by atoms with Crippen LogP contribution < -0.4 is 19.5 Å². The number of anilines is 1. The molecule has 1 N–H and O–H groups in total. The maximum absolute atomic E-state index is 13.4. The summed E-state index contributed by atoms with van der Waals surface area (Å²) in [6.45, 7) is 4.21. The Hall–Kier alpha value is -4.84. The second-order valence-corrected chi connectivity index (χ2v) is 10.5. The fourth-order valence-corrected chi connectivity index (χ4v) is 5.50. The third-order valence-corrected chi connectivity index (χ3v) is 7.93. The summed E-state index contributed by atoms with van der Waals surface area (Å²) in [6, 6.07) is 25.6. The predicted molar refractivity (Wildman–Crippen MR) is 155 cm³/mol. The van der Waals surface area contributed by atoms with Crippen molar-refractivity contribution >= 4 is 23.3 Å². The number of nitrogens with one attached hydrogen (secondary N) is 1. The zero-order chi connectivity index (χ0) is 28.1. The number of hydrogen-bond donors (Lipinski definition) is 1. The lowest BCUT2D eigenvalue weighted by Crippen LogP contribution is -2.53. The molecule has 2 aliphatic rings. The topological polar surface area (TPSA) is 73.9 Å². The highest BCUT2D eigenvalue weighted by molar-refractivity contribution is 6.11. The van der Waals surface area contributed by atoms with Crippen molar-refractivity contribution in [1.29, 1.82) is 0 Å². The van der Waals surface area contributed by atoms with E-state index < -0.39 is 11.1 Å². The lowest BCUT2D eigenvalue weighted by Gasteiger charge is -2.41. The molecule has 0 saturated carbocycles. The van der Waals surface area contributed by atoms with Gasteiger partial charge in [0.1, 0.15) is 17.2 Å². The lowest BCUT2D eigenvalue weighted by molar-refractivity contribution is 0.0822. The molecule has 1 unspecified atom stereocenters. The first-order chi connectivity index (χ1) is 19.3. The van der Waals surface area contributed by atoms with Gasteiger partial charge in [-0.25, -0.2) is 0 Å². The van der Waals surface area contributed by atoms with Crippen molar-refractivity contribution in [3.8, 4) is 17.2 Å². The Morgan fingerprint density at radius 3 is 2.27 bits per heavy atom. The van der Waals surface area contributed by atoms with E-state index in [0.29, 0.717) is 39.5 Å². The number of carbonyl (C=O) groups is 2. The number of hydrogen-bond acceptors (Lipinski definition) is 6. The van der Waals surface area contributed by atoms with Crippen LogP contribution in [0.5, 0.6) is 17.2 Å². The van der Waals surface area contributed by atoms with Crippen molar-refractivity contribution in [3.63, 3.8) is 0 Å². The van der Waals surface area contributed by atoms with Crippen LogP contribution in [-0.4, -0.2) is 31.5 Å². The molecule has 0 aliphatic carbocycles. The molecule has 200 valence electrons. The summed E-state index contributed by atoms with van der Waals surface area (Å²) in [4.78, 5) is 26.5. The highest BCUT2D eigenvalue weighted by atomic mass is 16.5. The average molecular weight is 532 g/mol. The maximum atomic E-state index is 13.4. The highest BCUT2D eigenvalue weighted by Crippen LogP contribution is 2.51. The Kier molecular flexibility index (Phi) is 5.99. The molecular weight excluding hydrogens is 502 g/mol. The molecule has 2 aliphatic heterocycles. The van der Waals surface area contributed by atoms with E-state index in [1.54, 1.807) is 31.4 Å². The monoisotopic (exact) mass is 531 g/mol. The molecule has 4 aromatic rings. The van der Waals surface area contributed by atoms with Gasteiger partial charge in [-0.3, -0.25) is 9.59 Å². The Morgan fingerprint density at radius 2 is 1.52 bits per heavy atom. The molecule has 0 amide bonds. The third-order valence-electron chi connectivity index (χ3n) is 7.93. The number of methoxy groups -OCH3 is 2. The molecule has 1 spiro atoms. The van der Waals surface area contributed by atoms with Gasteiger partial charge in [0.2, 0.25) is 5.72 Å². The standard InChI is InChI=1S/C34H29NO5/c1-33(2)27-19-24(31(36)21-8-6-5-7-9-21)10-14-28(27)35-34(33)17-16-22-18-23(11-15-29(22)40-34)32(37)26-13-12-25(38-3)20-30(26)39-4/h5-20,35H,1-4H3. The zero-order valence-corrected chi connectivity index (χ0v) is 22.8. The van der Waals surface area contributed by atoms with E-state index in [9.17, 15) is 9.59 Å². The van der Waals surface area contributed by atoms with Crippen LogP contribution in [0.4, 0.5) is 5.69 Å². The molecule has 0 saturated heterocycles. The van der Waals surface area contributed by atoms with E-state index in [-0.39, 0.29) is 11.6 Å². The summed E-state index contributed by atoms with van der Waals surface area (Å²) in [6.07, 6.45) is 3.98. The minimum Gasteiger partial charge on any atom is -0.497 e. The van der Waals surface area contributed by atoms with Gasteiger partial charge >= 0.3 is 0 Å². The highest BCUT2D eigenvalue weighted by Gasteiger charge is 2.54. The number of rotatable bonds is 6. The van der Waals surface area contributed by atoms with Crippen LogP contribution >= 0.6 is 0 Å². The predicted octanol–water partition coefficient (Wildman–Crippen LogP) is 6.67. The molecule has 6 nitrogen and oxygen atoms in total. The van der Waals surface area contributed by atoms with Crippen molar-refractivity contribution in [2.24, 2.45) is 0 Å². The van der Waals surface area contributed by atoms with Gasteiger partial charge in [0.25, 0.3) is 0 Å². The quantitative estimate of drug-likeness (QED) is 0.280. The summed E-state index contributed by atoms with van der Waals surface area (Å²) >= 11 is 0. The van der Waals surface area contributed by atoms with Gasteiger partial charge < -0.3 is 19.5 Å². The first kappa shape index (κ1) is 25.4. The molecular formula is C34H29NO5. The van der Waals surface area contributed by atoms with Gasteiger partial charge in [0.15, 0.2) is 11.6 Å². The van der Waals surface area contributed by atoms with Gasteiger partial charge in [-0.2, -0.15) is 0 Å². The molecule has 0 radical (unpaired) electrons. The summed E-state index contributed by atoms with van der Waals surface area (Å²) in [5.74, 6) is 1.56. The Bertz CT molecular complexity index is 1690. The number of benzene rings is 4. The molecule has 0 bridgehead atoms. The van der Waals surface area contributed by atoms with Crippen molar-refractivity contribution in [1.82, 2.24) is 0 Å². The van der Waals surface area contributed by atoms with Gasteiger partial charge in [-0.15, -0.1) is 0 Å². The van der Waals surface area contributed by atoms with Gasteiger partial charge in [-0.05, 0) is 80.1 Å². The van der Waals surface area contributed by atoms with Crippen molar-refractivity contribution in [2.75, 3.05) is 19.5 Å². The normalized spacial score (nSPS) is 17.8. The Balaban J connectivity index is 1.30. The lowest BCUT2D eigenvalue weighted by atomic mass is 9.76. The molecule has 6 rings (SSSR count). The van der Waals surface area contributed by atoms with Crippen molar-refractivity contribution in [2.45, 2.75) is 25.0 Å². The average Bonchev–Trinajstić information content (AvgIpc) is 3.20. The second kappa shape index (κ2) is 9.42. The number of ether oxygens (including phenoxy) is 3. The second-order valence-electron chi connectivity index (χ2n) is 10.5. The number of fused-ring (bicyclic) bond motifs is 2. The fraction of sp³-hybridized carbons (Fsp3) is 0.176. The molecule has 4 aromatic carbocycles. The minimum absolute atomic E-state index is 0.0173. The van der Waals surface area contributed by atoms with E-state index in [2.05, 4.69) is 19.2 Å². The fourth-order valence-electron chi connectivity index (χ4n) is 5.50. The van der Waals surface area contributed by atoms with E-state index in [1.165, 1.54) is 7.11 Å². The van der Waals surface area contributed by atoms with Gasteiger partial charge in [0.05, 0.1) is 25.2 Å². The Labute approximate surface area is 233 Å².